The monoisotopic (exact) mass is 1080 g/mol. The maximum Gasteiger partial charge on any atom is 0.264 e. The van der Waals surface area contributed by atoms with Crippen molar-refractivity contribution in [2.75, 3.05) is 48.3 Å². The number of thioether (sulfide) groups is 1. The summed E-state index contributed by atoms with van der Waals surface area (Å²) in [6, 6.07) is 32.6. The molecule has 5 aromatic rings. The molecule has 17 heteroatoms. The van der Waals surface area contributed by atoms with Crippen molar-refractivity contribution in [2.24, 2.45) is 5.92 Å². The Hall–Kier alpha value is -6.63. The molecule has 0 spiro atoms. The molecule has 0 aromatic heterocycles. The number of nitrogens with two attached hydrogens (primary N) is 1. The highest BCUT2D eigenvalue weighted by atomic mass is 32.2. The fourth-order valence-corrected chi connectivity index (χ4v) is 13.6. The Balaban J connectivity index is 1.18. The number of benzene rings is 5. The number of nitrogens with zero attached hydrogens (tertiary/aromatic N) is 3. The van der Waals surface area contributed by atoms with Gasteiger partial charge in [-0.2, -0.15) is 21.4 Å². The number of nitrogens with one attached hydrogen (secondary N) is 1. The third-order valence-electron chi connectivity index (χ3n) is 15.0. The molecule has 76 heavy (non-hydrogen) atoms. The van der Waals surface area contributed by atoms with Gasteiger partial charge in [0.05, 0.1) is 16.9 Å². The van der Waals surface area contributed by atoms with Crippen LogP contribution in [0.15, 0.2) is 160 Å². The van der Waals surface area contributed by atoms with Crippen molar-refractivity contribution in [3.05, 3.63) is 166 Å². The molecule has 0 fully saturated rings. The summed E-state index contributed by atoms with van der Waals surface area (Å²) < 4.78 is 68.7. The van der Waals surface area contributed by atoms with E-state index < -0.39 is 48.8 Å². The average molecular weight is 1080 g/mol. The van der Waals surface area contributed by atoms with E-state index in [1.165, 1.54) is 12.2 Å². The highest BCUT2D eigenvalue weighted by molar-refractivity contribution is 8.03. The summed E-state index contributed by atoms with van der Waals surface area (Å²) in [7, 11) is -8.31. The smallest absolute Gasteiger partial charge is 0.264 e. The summed E-state index contributed by atoms with van der Waals surface area (Å²) in [5, 5.41) is 7.43. The zero-order valence-electron chi connectivity index (χ0n) is 43.2. The summed E-state index contributed by atoms with van der Waals surface area (Å²) in [5.41, 5.74) is 13.8. The van der Waals surface area contributed by atoms with Crippen molar-refractivity contribution in [1.29, 1.82) is 0 Å². The first kappa shape index (κ1) is 54.2. The number of anilines is 2. The molecule has 14 nitrogen and oxygen atoms in total. The number of hydrogen-bond acceptors (Lipinski definition) is 10. The van der Waals surface area contributed by atoms with Gasteiger partial charge < -0.3 is 16.0 Å². The van der Waals surface area contributed by atoms with Crippen molar-refractivity contribution in [3.63, 3.8) is 0 Å². The number of allylic oxidation sites excluding steroid dienone is 7. The summed E-state index contributed by atoms with van der Waals surface area (Å²) in [6.07, 6.45) is 13.1. The Morgan fingerprint density at radius 2 is 1.34 bits per heavy atom. The van der Waals surface area contributed by atoms with E-state index in [-0.39, 0.29) is 43.3 Å². The number of amides is 3. The molecule has 1 unspecified atom stereocenters. The third kappa shape index (κ3) is 11.5. The minimum Gasteiger partial charge on any atom is -0.399 e. The molecule has 396 valence electrons. The highest BCUT2D eigenvalue weighted by Crippen LogP contribution is 2.52. The topological polar surface area (TPSA) is 207 Å². The number of hydrogen-bond donors (Lipinski definition) is 4. The summed E-state index contributed by atoms with van der Waals surface area (Å²) in [6.45, 7) is 9.81. The maximum absolute atomic E-state index is 14.6. The van der Waals surface area contributed by atoms with Crippen molar-refractivity contribution in [1.82, 2.24) is 10.2 Å². The fraction of sp³-hybridized carbons (Fsp3) is 0.322. The van der Waals surface area contributed by atoms with Crippen molar-refractivity contribution in [3.8, 4) is 0 Å². The van der Waals surface area contributed by atoms with Crippen LogP contribution in [0.5, 0.6) is 0 Å². The standard InChI is InChI=1S/C59H63N5O9S3/c1-58(2)50(62(32-9-11-35-75(68,69)70)48-25-17-39-13-5-7-15-46(39)54(48)58)27-19-41-37-43(57(67)61-31-34-64-52(65)29-30-53(64)66)38-42(56(41)74-45-23-21-44(60)22-24-45)20-28-51-59(3,4)55-47-16-8-6-14-40(47)18-26-49(55)63(51)33-10-12-36-76(71,72)73/h5-8,13-30,43H,9-12,31-38,60H2,1-4H3,(H2-,61,67,68,69,70,71,72,73)/p+1. The lowest BCUT2D eigenvalue weighted by molar-refractivity contribution is -0.438. The quantitative estimate of drug-likeness (QED) is 0.0200. The summed E-state index contributed by atoms with van der Waals surface area (Å²) in [5.74, 6) is -2.36. The minimum atomic E-state index is -4.15. The van der Waals surface area contributed by atoms with Crippen LogP contribution in [-0.4, -0.2) is 96.5 Å². The van der Waals surface area contributed by atoms with Gasteiger partial charge in [-0.1, -0.05) is 92.4 Å². The molecule has 4 aliphatic rings. The number of imide groups is 1. The van der Waals surface area contributed by atoms with E-state index in [0.29, 0.717) is 44.5 Å². The molecule has 3 heterocycles. The zero-order valence-corrected chi connectivity index (χ0v) is 45.6. The Kier molecular flexibility index (Phi) is 15.5. The van der Waals surface area contributed by atoms with Gasteiger partial charge in [0, 0.05) is 94.1 Å². The Bertz CT molecular complexity index is 3580. The SMILES string of the molecule is CC1(C)C(=CC=C2CC(C(=O)NCCN3C(=O)C=CC3=O)CC(C=CC3=[N+](CCCCS(=O)(=O)O)c4ccc5ccccc5c4C3(C)C)=C2Sc2ccc(N)cc2)N(CCCCS(=O)(=O)O)c2ccc3ccccc3c21. The molecule has 5 aromatic carbocycles. The Labute approximate surface area is 449 Å². The van der Waals surface area contributed by atoms with Gasteiger partial charge in [0.25, 0.3) is 32.1 Å². The van der Waals surface area contributed by atoms with Crippen LogP contribution in [0, 0.1) is 5.92 Å². The van der Waals surface area contributed by atoms with Crippen LogP contribution in [-0.2, 0) is 45.4 Å². The van der Waals surface area contributed by atoms with Gasteiger partial charge in [-0.3, -0.25) is 28.4 Å². The summed E-state index contributed by atoms with van der Waals surface area (Å²) >= 11 is 1.58. The molecule has 9 rings (SSSR count). The number of rotatable bonds is 19. The molecule has 0 radical (unpaired) electrons. The number of carbonyl (C=O) groups is 3. The van der Waals surface area contributed by atoms with Crippen LogP contribution in [0.4, 0.5) is 17.1 Å². The van der Waals surface area contributed by atoms with Gasteiger partial charge in [0.1, 0.15) is 6.54 Å². The second-order valence-corrected chi connectivity index (χ2v) is 25.2. The van der Waals surface area contributed by atoms with E-state index in [1.54, 1.807) is 11.8 Å². The van der Waals surface area contributed by atoms with Gasteiger partial charge in [-0.15, -0.1) is 0 Å². The predicted molar refractivity (Wildman–Crippen MR) is 303 cm³/mol. The lowest BCUT2D eigenvalue weighted by Crippen LogP contribution is -2.40. The van der Waals surface area contributed by atoms with Crippen LogP contribution in [0.1, 0.15) is 77.3 Å². The van der Waals surface area contributed by atoms with E-state index >= 15 is 0 Å². The summed E-state index contributed by atoms with van der Waals surface area (Å²) in [4.78, 5) is 44.7. The lowest BCUT2D eigenvalue weighted by Gasteiger charge is -2.29. The second-order valence-electron chi connectivity index (χ2n) is 20.9. The molecule has 3 aliphatic heterocycles. The van der Waals surface area contributed by atoms with Crippen LogP contribution < -0.4 is 16.0 Å². The van der Waals surface area contributed by atoms with Crippen molar-refractivity contribution in [2.45, 2.75) is 81.9 Å². The first-order valence-electron chi connectivity index (χ1n) is 25.7. The predicted octanol–water partition coefficient (Wildman–Crippen LogP) is 9.95. The normalized spacial score (nSPS) is 19.4. The number of unbranched alkanes of at least 4 members (excludes halogenated alkanes) is 2. The van der Waals surface area contributed by atoms with Crippen LogP contribution in [0.25, 0.3) is 21.5 Å². The van der Waals surface area contributed by atoms with E-state index in [4.69, 9.17) is 5.73 Å². The number of fused-ring (bicyclic) bond motifs is 6. The first-order valence-corrected chi connectivity index (χ1v) is 29.7. The van der Waals surface area contributed by atoms with E-state index in [2.05, 4.69) is 115 Å². The molecule has 0 saturated carbocycles. The molecule has 5 N–H and O–H groups in total. The van der Waals surface area contributed by atoms with Crippen molar-refractivity contribution < 1.29 is 44.9 Å². The average Bonchev–Trinajstić information content (AvgIpc) is 3.96. The number of nitrogen functional groups attached to an aromatic ring is 1. The van der Waals surface area contributed by atoms with Crippen LogP contribution in [0.2, 0.25) is 0 Å². The molecule has 1 atom stereocenters. The van der Waals surface area contributed by atoms with Crippen molar-refractivity contribution >= 4 is 94.0 Å². The highest BCUT2D eigenvalue weighted by Gasteiger charge is 2.46. The van der Waals surface area contributed by atoms with Crippen LogP contribution >= 0.6 is 11.8 Å². The molecule has 3 amide bonds. The fourth-order valence-electron chi connectivity index (χ4n) is 11.4. The first-order chi connectivity index (χ1) is 36.1. The van der Waals surface area contributed by atoms with Gasteiger partial charge in [0.2, 0.25) is 11.6 Å². The van der Waals surface area contributed by atoms with E-state index in [9.17, 15) is 40.3 Å². The lowest BCUT2D eigenvalue weighted by atomic mass is 9.78. The molecule has 0 saturated heterocycles. The van der Waals surface area contributed by atoms with E-state index in [1.807, 2.05) is 48.5 Å². The third-order valence-corrected chi connectivity index (χ3v) is 17.8. The Morgan fingerprint density at radius 1 is 0.724 bits per heavy atom. The second kappa shape index (κ2) is 21.8. The van der Waals surface area contributed by atoms with Gasteiger partial charge in [0.15, 0.2) is 5.71 Å². The molecule has 0 bridgehead atoms. The largest absolute Gasteiger partial charge is 0.399 e. The molecule has 1 aliphatic carbocycles. The van der Waals surface area contributed by atoms with Gasteiger partial charge in [-0.25, -0.2) is 0 Å². The van der Waals surface area contributed by atoms with Gasteiger partial charge in [-0.05, 0) is 127 Å². The zero-order chi connectivity index (χ0) is 54.2. The van der Waals surface area contributed by atoms with E-state index in [0.717, 1.165) is 81.3 Å². The van der Waals surface area contributed by atoms with Gasteiger partial charge >= 0.3 is 0 Å². The minimum absolute atomic E-state index is 0.0197. The number of carbonyl (C=O) groups excluding carboxylic acids is 3. The van der Waals surface area contributed by atoms with Crippen LogP contribution in [0.3, 0.4) is 0 Å². The molecular formula is C59H64N5O9S3+. The Morgan fingerprint density at radius 3 is 2.00 bits per heavy atom. The molecular weight excluding hydrogens is 1020 g/mol. The maximum atomic E-state index is 14.6.